The summed E-state index contributed by atoms with van der Waals surface area (Å²) in [6.45, 7) is 0.219. The van der Waals surface area contributed by atoms with Gasteiger partial charge in [0.25, 0.3) is 0 Å². The van der Waals surface area contributed by atoms with E-state index in [-0.39, 0.29) is 12.2 Å². The summed E-state index contributed by atoms with van der Waals surface area (Å²) in [6, 6.07) is 12.0. The number of nitrogens with zero attached hydrogens (tertiary/aromatic N) is 3. The average molecular weight is 349 g/mol. The van der Waals surface area contributed by atoms with E-state index in [4.69, 9.17) is 4.74 Å². The molecule has 0 unspecified atom stereocenters. The first kappa shape index (κ1) is 16.8. The number of amides is 1. The number of hydrogen-bond donors (Lipinski definition) is 0. The number of alkyl halides is 3. The maximum atomic E-state index is 12.9. The van der Waals surface area contributed by atoms with Crippen LogP contribution in [0.1, 0.15) is 11.3 Å². The van der Waals surface area contributed by atoms with E-state index in [0.29, 0.717) is 5.69 Å². The zero-order valence-corrected chi connectivity index (χ0v) is 13.2. The Hall–Kier alpha value is -3.03. The fraction of sp³-hybridized carbons (Fsp3) is 0.176. The van der Waals surface area contributed by atoms with Gasteiger partial charge in [-0.3, -0.25) is 9.30 Å². The van der Waals surface area contributed by atoms with Gasteiger partial charge in [-0.25, -0.2) is 9.78 Å². The average Bonchev–Trinajstić information content (AvgIpc) is 3.03. The molecular formula is C17H14F3N3O2. The molecule has 3 aromatic rings. The van der Waals surface area contributed by atoms with E-state index in [1.807, 2.05) is 30.3 Å². The third-order valence-electron chi connectivity index (χ3n) is 3.68. The molecule has 1 aromatic carbocycles. The maximum absolute atomic E-state index is 12.9. The van der Waals surface area contributed by atoms with Gasteiger partial charge in [0.15, 0.2) is 0 Å². The van der Waals surface area contributed by atoms with Crippen molar-refractivity contribution < 1.29 is 22.7 Å². The zero-order valence-electron chi connectivity index (χ0n) is 13.2. The van der Waals surface area contributed by atoms with Crippen molar-refractivity contribution in [1.82, 2.24) is 9.38 Å². The van der Waals surface area contributed by atoms with Crippen molar-refractivity contribution in [2.24, 2.45) is 0 Å². The lowest BCUT2D eigenvalue weighted by atomic mass is 10.2. The zero-order chi connectivity index (χ0) is 18.0. The summed E-state index contributed by atoms with van der Waals surface area (Å²) < 4.78 is 44.5. The third-order valence-corrected chi connectivity index (χ3v) is 3.68. The van der Waals surface area contributed by atoms with E-state index in [1.165, 1.54) is 30.3 Å². The molecule has 25 heavy (non-hydrogen) atoms. The highest BCUT2D eigenvalue weighted by Gasteiger charge is 2.34. The second-order valence-corrected chi connectivity index (χ2v) is 5.30. The van der Waals surface area contributed by atoms with Crippen LogP contribution in [0.2, 0.25) is 0 Å². The Morgan fingerprint density at radius 2 is 1.96 bits per heavy atom. The van der Waals surface area contributed by atoms with Crippen molar-refractivity contribution in [2.75, 3.05) is 12.0 Å². The van der Waals surface area contributed by atoms with Gasteiger partial charge in [0, 0.05) is 12.3 Å². The quantitative estimate of drug-likeness (QED) is 0.714. The van der Waals surface area contributed by atoms with E-state index < -0.39 is 18.0 Å². The van der Waals surface area contributed by atoms with Gasteiger partial charge in [-0.05, 0) is 11.6 Å². The second-order valence-electron chi connectivity index (χ2n) is 5.30. The molecule has 0 aliphatic carbocycles. The molecule has 0 aliphatic heterocycles. The number of aromatic nitrogens is 2. The highest BCUT2D eigenvalue weighted by Crippen LogP contribution is 2.30. The van der Waals surface area contributed by atoms with Gasteiger partial charge >= 0.3 is 12.3 Å². The maximum Gasteiger partial charge on any atom is 0.433 e. The molecule has 1 amide bonds. The Bertz CT molecular complexity index is 891. The van der Waals surface area contributed by atoms with Crippen LogP contribution in [0, 0.1) is 0 Å². The van der Waals surface area contributed by atoms with E-state index in [2.05, 4.69) is 4.98 Å². The molecule has 0 saturated heterocycles. The normalized spacial score (nSPS) is 11.5. The molecule has 130 valence electrons. The van der Waals surface area contributed by atoms with Crippen molar-refractivity contribution in [3.8, 4) is 0 Å². The van der Waals surface area contributed by atoms with Gasteiger partial charge in [0.1, 0.15) is 11.3 Å². The third kappa shape index (κ3) is 3.42. The fourth-order valence-electron chi connectivity index (χ4n) is 2.48. The Morgan fingerprint density at radius 3 is 2.60 bits per heavy atom. The number of fused-ring (bicyclic) bond motifs is 1. The molecule has 0 spiro atoms. The van der Waals surface area contributed by atoms with Crippen LogP contribution in [-0.2, 0) is 17.5 Å². The van der Waals surface area contributed by atoms with E-state index in [1.54, 1.807) is 0 Å². The number of imidazole rings is 1. The molecule has 5 nitrogen and oxygen atoms in total. The topological polar surface area (TPSA) is 46.8 Å². The van der Waals surface area contributed by atoms with Gasteiger partial charge in [-0.1, -0.05) is 30.3 Å². The summed E-state index contributed by atoms with van der Waals surface area (Å²) in [4.78, 5) is 17.2. The lowest BCUT2D eigenvalue weighted by molar-refractivity contribution is -0.141. The number of carbonyl (C=O) groups is 1. The Labute approximate surface area is 141 Å². The van der Waals surface area contributed by atoms with E-state index in [9.17, 15) is 18.0 Å². The first-order chi connectivity index (χ1) is 11.9. The monoisotopic (exact) mass is 349 g/mol. The molecule has 2 heterocycles. The number of benzene rings is 1. The minimum absolute atomic E-state index is 0.0896. The van der Waals surface area contributed by atoms with Crippen molar-refractivity contribution in [1.29, 1.82) is 0 Å². The van der Waals surface area contributed by atoms with Crippen LogP contribution in [-0.4, -0.2) is 22.6 Å². The Morgan fingerprint density at radius 1 is 1.24 bits per heavy atom. The summed E-state index contributed by atoms with van der Waals surface area (Å²) in [5.74, 6) is 0. The largest absolute Gasteiger partial charge is 0.452 e. The van der Waals surface area contributed by atoms with Gasteiger partial charge in [0.2, 0.25) is 0 Å². The number of carbonyl (C=O) groups excluding carboxylic acids is 1. The van der Waals surface area contributed by atoms with Crippen LogP contribution in [0.25, 0.3) is 5.65 Å². The van der Waals surface area contributed by atoms with Crippen LogP contribution < -0.4 is 4.90 Å². The Kier molecular flexibility index (Phi) is 4.35. The molecule has 0 bridgehead atoms. The molecule has 2 aromatic heterocycles. The lowest BCUT2D eigenvalue weighted by Gasteiger charge is -2.21. The minimum Gasteiger partial charge on any atom is -0.452 e. The molecule has 0 saturated carbocycles. The number of methoxy groups -OCH3 is 1. The molecule has 0 N–H and O–H groups in total. The van der Waals surface area contributed by atoms with Crippen molar-refractivity contribution in [3.63, 3.8) is 0 Å². The van der Waals surface area contributed by atoms with E-state index >= 15 is 0 Å². The molecule has 8 heteroatoms. The van der Waals surface area contributed by atoms with Crippen LogP contribution in [0.15, 0.2) is 54.9 Å². The highest BCUT2D eigenvalue weighted by atomic mass is 19.4. The van der Waals surface area contributed by atoms with Gasteiger partial charge in [-0.15, -0.1) is 0 Å². The van der Waals surface area contributed by atoms with Gasteiger partial charge in [-0.2, -0.15) is 13.2 Å². The van der Waals surface area contributed by atoms with Gasteiger partial charge < -0.3 is 4.74 Å². The molecule has 3 rings (SSSR count). The SMILES string of the molecule is COC(=O)N(Cc1ccccc1)c1ccn2c(C(F)(F)F)cnc2c1. The first-order valence-corrected chi connectivity index (χ1v) is 7.34. The summed E-state index contributed by atoms with van der Waals surface area (Å²) in [5.41, 5.74) is 0.461. The van der Waals surface area contributed by atoms with Crippen molar-refractivity contribution in [2.45, 2.75) is 12.7 Å². The highest BCUT2D eigenvalue weighted by molar-refractivity contribution is 5.88. The smallest absolute Gasteiger partial charge is 0.433 e. The number of pyridine rings is 1. The minimum atomic E-state index is -4.51. The molecule has 0 aliphatic rings. The number of hydrogen-bond acceptors (Lipinski definition) is 3. The first-order valence-electron chi connectivity index (χ1n) is 7.34. The molecular weight excluding hydrogens is 335 g/mol. The van der Waals surface area contributed by atoms with Crippen molar-refractivity contribution in [3.05, 3.63) is 66.1 Å². The van der Waals surface area contributed by atoms with Crippen molar-refractivity contribution >= 4 is 17.4 Å². The molecule has 0 radical (unpaired) electrons. The van der Waals surface area contributed by atoms with Crippen LogP contribution in [0.4, 0.5) is 23.7 Å². The Balaban J connectivity index is 2.00. The summed E-state index contributed by atoms with van der Waals surface area (Å²) in [7, 11) is 1.25. The van der Waals surface area contributed by atoms with E-state index in [0.717, 1.165) is 16.2 Å². The lowest BCUT2D eigenvalue weighted by Crippen LogP contribution is -2.30. The molecule has 0 atom stereocenters. The second kappa shape index (κ2) is 6.46. The summed E-state index contributed by atoms with van der Waals surface area (Å²) in [6.07, 6.45) is -3.12. The molecule has 0 fully saturated rings. The summed E-state index contributed by atoms with van der Waals surface area (Å²) >= 11 is 0. The number of rotatable bonds is 3. The number of ether oxygens (including phenoxy) is 1. The predicted molar refractivity (Wildman–Crippen MR) is 85.2 cm³/mol. The summed E-state index contributed by atoms with van der Waals surface area (Å²) in [5, 5.41) is 0. The van der Waals surface area contributed by atoms with Gasteiger partial charge in [0.05, 0.1) is 25.5 Å². The van der Waals surface area contributed by atoms with Crippen LogP contribution >= 0.6 is 0 Å². The predicted octanol–water partition coefficient (Wildman–Crippen LogP) is 4.13. The number of halogens is 3. The standard InChI is InChI=1S/C17H14F3N3O2/c1-25-16(24)23(11-12-5-3-2-4-6-12)13-7-8-22-14(17(18,19)20)10-21-15(22)9-13/h2-10H,11H2,1H3. The number of anilines is 1. The van der Waals surface area contributed by atoms with Crippen LogP contribution in [0.3, 0.4) is 0 Å². The fourth-order valence-corrected chi connectivity index (χ4v) is 2.48. The van der Waals surface area contributed by atoms with Crippen LogP contribution in [0.5, 0.6) is 0 Å².